The Kier molecular flexibility index (Phi) is 3.73. The second-order valence-electron chi connectivity index (χ2n) is 5.05. The van der Waals surface area contributed by atoms with Crippen molar-refractivity contribution < 1.29 is 4.52 Å². The molecule has 0 unspecified atom stereocenters. The van der Waals surface area contributed by atoms with Gasteiger partial charge < -0.3 is 9.51 Å². The summed E-state index contributed by atoms with van der Waals surface area (Å²) in [6.45, 7) is 4.28. The van der Waals surface area contributed by atoms with E-state index in [4.69, 9.17) is 4.52 Å². The van der Waals surface area contributed by atoms with E-state index in [2.05, 4.69) is 34.0 Å². The summed E-state index contributed by atoms with van der Waals surface area (Å²) in [5, 5.41) is 4.85. The molecule has 0 fully saturated rings. The van der Waals surface area contributed by atoms with Gasteiger partial charge in [0.2, 0.25) is 5.89 Å². The number of imidazole rings is 1. The molecular formula is C14H16N4OS. The molecule has 3 aromatic rings. The molecule has 6 heteroatoms. The van der Waals surface area contributed by atoms with Gasteiger partial charge in [-0.3, -0.25) is 0 Å². The first kappa shape index (κ1) is 13.2. The zero-order chi connectivity index (χ0) is 13.9. The first-order valence-electron chi connectivity index (χ1n) is 6.59. The summed E-state index contributed by atoms with van der Waals surface area (Å²) >= 11 is 1.57. The minimum Gasteiger partial charge on any atom is -0.338 e. The fraction of sp³-hybridized carbons (Fsp3) is 0.357. The molecule has 2 aromatic heterocycles. The molecule has 1 N–H and O–H groups in total. The van der Waals surface area contributed by atoms with Crippen molar-refractivity contribution in [3.63, 3.8) is 0 Å². The molecule has 0 saturated carbocycles. The highest BCUT2D eigenvalue weighted by Gasteiger charge is 2.10. The predicted octanol–water partition coefficient (Wildman–Crippen LogP) is 3.44. The van der Waals surface area contributed by atoms with E-state index in [-0.39, 0.29) is 0 Å². The Balaban J connectivity index is 1.65. The van der Waals surface area contributed by atoms with Gasteiger partial charge >= 0.3 is 0 Å². The van der Waals surface area contributed by atoms with Crippen molar-refractivity contribution >= 4 is 22.8 Å². The van der Waals surface area contributed by atoms with E-state index < -0.39 is 0 Å². The number of hydrogen-bond donors (Lipinski definition) is 1. The molecule has 0 saturated heterocycles. The molecule has 0 amide bonds. The zero-order valence-electron chi connectivity index (χ0n) is 11.5. The van der Waals surface area contributed by atoms with Gasteiger partial charge in [-0.05, 0) is 18.1 Å². The van der Waals surface area contributed by atoms with E-state index in [9.17, 15) is 0 Å². The smallest absolute Gasteiger partial charge is 0.237 e. The molecule has 3 rings (SSSR count). The van der Waals surface area contributed by atoms with Crippen LogP contribution in [0.15, 0.2) is 33.9 Å². The number of aromatic nitrogens is 4. The Morgan fingerprint density at radius 1 is 1.25 bits per heavy atom. The van der Waals surface area contributed by atoms with Gasteiger partial charge in [-0.25, -0.2) is 4.98 Å². The number of thioether (sulfide) groups is 1. The van der Waals surface area contributed by atoms with Crippen molar-refractivity contribution in [2.75, 3.05) is 0 Å². The summed E-state index contributed by atoms with van der Waals surface area (Å²) in [7, 11) is 0. The maximum Gasteiger partial charge on any atom is 0.237 e. The summed E-state index contributed by atoms with van der Waals surface area (Å²) < 4.78 is 5.24. The third-order valence-corrected chi connectivity index (χ3v) is 3.66. The maximum absolute atomic E-state index is 5.24. The fourth-order valence-electron chi connectivity index (χ4n) is 1.92. The van der Waals surface area contributed by atoms with Gasteiger partial charge in [0, 0.05) is 6.42 Å². The molecule has 0 bridgehead atoms. The number of rotatable bonds is 5. The van der Waals surface area contributed by atoms with E-state index in [0.717, 1.165) is 28.4 Å². The van der Waals surface area contributed by atoms with Crippen molar-refractivity contribution in [3.8, 4) is 0 Å². The lowest BCUT2D eigenvalue weighted by atomic mass is 10.1. The van der Waals surface area contributed by atoms with Crippen molar-refractivity contribution in [1.82, 2.24) is 20.1 Å². The van der Waals surface area contributed by atoms with Crippen LogP contribution in [-0.2, 0) is 12.2 Å². The summed E-state index contributed by atoms with van der Waals surface area (Å²) in [4.78, 5) is 12.1. The molecule has 0 aliphatic rings. The average molecular weight is 288 g/mol. The molecule has 20 heavy (non-hydrogen) atoms. The summed E-state index contributed by atoms with van der Waals surface area (Å²) in [5.41, 5.74) is 2.02. The van der Waals surface area contributed by atoms with E-state index in [1.54, 1.807) is 11.8 Å². The van der Waals surface area contributed by atoms with Crippen molar-refractivity contribution in [3.05, 3.63) is 36.0 Å². The maximum atomic E-state index is 5.24. The van der Waals surface area contributed by atoms with E-state index in [1.807, 2.05) is 24.3 Å². The van der Waals surface area contributed by atoms with Crippen LogP contribution >= 0.6 is 11.8 Å². The minimum atomic E-state index is 0.531. The van der Waals surface area contributed by atoms with Crippen molar-refractivity contribution in [2.24, 2.45) is 5.92 Å². The van der Waals surface area contributed by atoms with Gasteiger partial charge in [-0.1, -0.05) is 42.9 Å². The molecule has 0 aliphatic carbocycles. The van der Waals surface area contributed by atoms with Gasteiger partial charge in [-0.15, -0.1) is 0 Å². The Morgan fingerprint density at radius 2 is 2.10 bits per heavy atom. The Labute approximate surface area is 121 Å². The van der Waals surface area contributed by atoms with Crippen LogP contribution in [0.1, 0.15) is 25.6 Å². The SMILES string of the molecule is CC(C)Cc1noc(CSc2nc3ccccc3[nH]2)n1. The summed E-state index contributed by atoms with van der Waals surface area (Å²) in [5.74, 6) is 2.58. The third kappa shape index (κ3) is 3.01. The second-order valence-corrected chi connectivity index (χ2v) is 6.01. The van der Waals surface area contributed by atoms with Crippen LogP contribution in [-0.4, -0.2) is 20.1 Å². The summed E-state index contributed by atoms with van der Waals surface area (Å²) in [6, 6.07) is 7.97. The van der Waals surface area contributed by atoms with Crippen LogP contribution in [0.3, 0.4) is 0 Å². The fourth-order valence-corrected chi connectivity index (χ4v) is 2.65. The molecule has 1 aromatic carbocycles. The second kappa shape index (κ2) is 5.66. The highest BCUT2D eigenvalue weighted by molar-refractivity contribution is 7.98. The van der Waals surface area contributed by atoms with Crippen LogP contribution in [0, 0.1) is 5.92 Å². The predicted molar refractivity (Wildman–Crippen MR) is 78.5 cm³/mol. The molecular weight excluding hydrogens is 272 g/mol. The van der Waals surface area contributed by atoms with Crippen LogP contribution in [0.25, 0.3) is 11.0 Å². The van der Waals surface area contributed by atoms with Gasteiger partial charge in [0.15, 0.2) is 11.0 Å². The topological polar surface area (TPSA) is 67.6 Å². The molecule has 104 valence electrons. The Bertz CT molecular complexity index is 671. The van der Waals surface area contributed by atoms with Gasteiger partial charge in [-0.2, -0.15) is 4.98 Å². The normalized spacial score (nSPS) is 11.6. The minimum absolute atomic E-state index is 0.531. The molecule has 0 aliphatic heterocycles. The standard InChI is InChI=1S/C14H16N4OS/c1-9(2)7-12-17-13(19-18-12)8-20-14-15-10-5-3-4-6-11(10)16-14/h3-6,9H,7-8H2,1-2H3,(H,15,16). The number of H-pyrrole nitrogens is 1. The molecule has 5 nitrogen and oxygen atoms in total. The lowest BCUT2D eigenvalue weighted by Gasteiger charge is -1.96. The van der Waals surface area contributed by atoms with E-state index >= 15 is 0 Å². The number of nitrogens with zero attached hydrogens (tertiary/aromatic N) is 3. The number of hydrogen-bond acceptors (Lipinski definition) is 5. The molecule has 0 atom stereocenters. The number of fused-ring (bicyclic) bond motifs is 1. The average Bonchev–Trinajstić information content (AvgIpc) is 3.01. The van der Waals surface area contributed by atoms with Gasteiger partial charge in [0.05, 0.1) is 16.8 Å². The van der Waals surface area contributed by atoms with Gasteiger partial charge in [0.25, 0.3) is 0 Å². The van der Waals surface area contributed by atoms with Crippen LogP contribution in [0.2, 0.25) is 0 Å². The largest absolute Gasteiger partial charge is 0.338 e. The van der Waals surface area contributed by atoms with Crippen LogP contribution in [0.4, 0.5) is 0 Å². The van der Waals surface area contributed by atoms with Crippen LogP contribution in [0.5, 0.6) is 0 Å². The lowest BCUT2D eigenvalue weighted by Crippen LogP contribution is -1.96. The van der Waals surface area contributed by atoms with Crippen molar-refractivity contribution in [1.29, 1.82) is 0 Å². The summed E-state index contributed by atoms with van der Waals surface area (Å²) in [6.07, 6.45) is 0.846. The molecule has 0 radical (unpaired) electrons. The highest BCUT2D eigenvalue weighted by atomic mass is 32.2. The number of aromatic amines is 1. The van der Waals surface area contributed by atoms with E-state index in [1.165, 1.54) is 0 Å². The quantitative estimate of drug-likeness (QED) is 0.728. The Hall–Kier alpha value is -1.82. The Morgan fingerprint density at radius 3 is 2.90 bits per heavy atom. The first-order chi connectivity index (χ1) is 9.70. The van der Waals surface area contributed by atoms with Gasteiger partial charge in [0.1, 0.15) is 0 Å². The third-order valence-electron chi connectivity index (χ3n) is 2.80. The lowest BCUT2D eigenvalue weighted by molar-refractivity contribution is 0.382. The molecule has 0 spiro atoms. The van der Waals surface area contributed by atoms with Crippen molar-refractivity contribution in [2.45, 2.75) is 31.2 Å². The number of nitrogens with one attached hydrogen (secondary N) is 1. The first-order valence-corrected chi connectivity index (χ1v) is 7.58. The number of para-hydroxylation sites is 2. The molecule has 2 heterocycles. The highest BCUT2D eigenvalue weighted by Crippen LogP contribution is 2.22. The van der Waals surface area contributed by atoms with Crippen LogP contribution < -0.4 is 0 Å². The monoisotopic (exact) mass is 288 g/mol. The van der Waals surface area contributed by atoms with E-state index in [0.29, 0.717) is 17.6 Å². The number of benzene rings is 1. The zero-order valence-corrected chi connectivity index (χ0v) is 12.3.